The number of rotatable bonds is 4. The van der Waals surface area contributed by atoms with Crippen molar-refractivity contribution >= 4 is 15.8 Å². The van der Waals surface area contributed by atoms with Crippen LogP contribution in [0.4, 0.5) is 5.82 Å². The molecular weight excluding hydrogens is 286 g/mol. The van der Waals surface area contributed by atoms with E-state index in [1.807, 2.05) is 12.1 Å². The lowest BCUT2D eigenvalue weighted by molar-refractivity contribution is 0.562. The van der Waals surface area contributed by atoms with Gasteiger partial charge in [0.25, 0.3) is 0 Å². The van der Waals surface area contributed by atoms with Gasteiger partial charge in [0, 0.05) is 26.4 Å². The second-order valence-corrected chi connectivity index (χ2v) is 7.68. The summed E-state index contributed by atoms with van der Waals surface area (Å²) < 4.78 is 27.9. The fraction of sp³-hybridized carbons (Fsp3) is 0.400. The number of fused-ring (bicyclic) bond motifs is 1. The maximum absolute atomic E-state index is 12.5. The van der Waals surface area contributed by atoms with Gasteiger partial charge < -0.3 is 0 Å². The summed E-state index contributed by atoms with van der Waals surface area (Å²) in [7, 11) is 0.000911. The molecule has 0 saturated carbocycles. The third kappa shape index (κ3) is 2.81. The topological polar surface area (TPSA) is 55.2 Å². The summed E-state index contributed by atoms with van der Waals surface area (Å²) in [5.41, 5.74) is 2.55. The molecule has 0 aliphatic heterocycles. The van der Waals surface area contributed by atoms with Gasteiger partial charge in [0.15, 0.2) is 5.82 Å². The van der Waals surface area contributed by atoms with Crippen LogP contribution in [0.1, 0.15) is 11.1 Å². The molecule has 112 valence electrons. The van der Waals surface area contributed by atoms with E-state index in [0.717, 1.165) is 12.8 Å². The Balaban J connectivity index is 1.73. The van der Waals surface area contributed by atoms with Crippen LogP contribution in [0, 0.1) is 5.92 Å². The summed E-state index contributed by atoms with van der Waals surface area (Å²) >= 11 is 0. The van der Waals surface area contributed by atoms with Crippen molar-refractivity contribution in [2.45, 2.75) is 12.8 Å². The third-order valence-electron chi connectivity index (χ3n) is 4.02. The molecule has 0 fully saturated rings. The molecule has 0 radical (unpaired) electrons. The molecule has 1 aliphatic rings. The van der Waals surface area contributed by atoms with Crippen molar-refractivity contribution in [3.63, 3.8) is 0 Å². The summed E-state index contributed by atoms with van der Waals surface area (Å²) in [4.78, 5) is 0. The highest BCUT2D eigenvalue weighted by Gasteiger charge is 2.29. The highest BCUT2D eigenvalue weighted by molar-refractivity contribution is 7.92. The van der Waals surface area contributed by atoms with Gasteiger partial charge in [0.05, 0.1) is 5.75 Å². The van der Waals surface area contributed by atoms with Crippen LogP contribution < -0.4 is 4.31 Å². The average molecular weight is 305 g/mol. The smallest absolute Gasteiger partial charge is 0.236 e. The van der Waals surface area contributed by atoms with Gasteiger partial charge in [0.2, 0.25) is 10.0 Å². The van der Waals surface area contributed by atoms with Crippen molar-refractivity contribution < 1.29 is 8.42 Å². The summed E-state index contributed by atoms with van der Waals surface area (Å²) in [6.07, 6.45) is 3.42. The Morgan fingerprint density at radius 3 is 2.38 bits per heavy atom. The maximum Gasteiger partial charge on any atom is 0.236 e. The SMILES string of the molecule is CN(c1ccn(C)n1)S(=O)(=O)CC1Cc2ccccc2C1. The fourth-order valence-corrected chi connectivity index (χ4v) is 4.33. The largest absolute Gasteiger partial charge is 0.274 e. The normalized spacial score (nSPS) is 15.1. The minimum Gasteiger partial charge on any atom is -0.274 e. The number of sulfonamides is 1. The molecule has 0 N–H and O–H groups in total. The lowest BCUT2D eigenvalue weighted by Gasteiger charge is -2.19. The molecule has 0 spiro atoms. The van der Waals surface area contributed by atoms with E-state index < -0.39 is 10.0 Å². The van der Waals surface area contributed by atoms with E-state index in [9.17, 15) is 8.42 Å². The molecule has 0 atom stereocenters. The second kappa shape index (κ2) is 5.18. The number of nitrogens with zero attached hydrogens (tertiary/aromatic N) is 3. The van der Waals surface area contributed by atoms with Gasteiger partial charge in [-0.25, -0.2) is 8.42 Å². The molecule has 5 nitrogen and oxygen atoms in total. The average Bonchev–Trinajstić information content (AvgIpc) is 3.02. The molecule has 1 heterocycles. The predicted molar refractivity (Wildman–Crippen MR) is 82.7 cm³/mol. The molecule has 0 bridgehead atoms. The van der Waals surface area contributed by atoms with Crippen LogP contribution in [0.2, 0.25) is 0 Å². The Labute approximate surface area is 125 Å². The van der Waals surface area contributed by atoms with E-state index in [1.54, 1.807) is 31.0 Å². The molecule has 2 aromatic rings. The van der Waals surface area contributed by atoms with E-state index in [0.29, 0.717) is 5.82 Å². The number of benzene rings is 1. The van der Waals surface area contributed by atoms with Gasteiger partial charge in [-0.05, 0) is 29.9 Å². The van der Waals surface area contributed by atoms with Crippen molar-refractivity contribution in [3.8, 4) is 0 Å². The molecule has 3 rings (SSSR count). The molecule has 21 heavy (non-hydrogen) atoms. The Bertz CT molecular complexity index is 727. The zero-order valence-corrected chi connectivity index (χ0v) is 13.0. The van der Waals surface area contributed by atoms with Crippen LogP contribution in [-0.4, -0.2) is 31.0 Å². The van der Waals surface area contributed by atoms with Crippen LogP contribution in [0.5, 0.6) is 0 Å². The van der Waals surface area contributed by atoms with Crippen molar-refractivity contribution in [1.29, 1.82) is 0 Å². The van der Waals surface area contributed by atoms with Crippen LogP contribution in [0.15, 0.2) is 36.5 Å². The summed E-state index contributed by atoms with van der Waals surface area (Å²) in [6, 6.07) is 9.90. The summed E-state index contributed by atoms with van der Waals surface area (Å²) in [6.45, 7) is 0. The highest BCUT2D eigenvalue weighted by atomic mass is 32.2. The van der Waals surface area contributed by atoms with E-state index in [-0.39, 0.29) is 11.7 Å². The third-order valence-corrected chi connectivity index (χ3v) is 5.94. The molecule has 1 aromatic heterocycles. The van der Waals surface area contributed by atoms with Crippen molar-refractivity contribution in [2.24, 2.45) is 13.0 Å². The maximum atomic E-state index is 12.5. The second-order valence-electron chi connectivity index (χ2n) is 5.64. The Morgan fingerprint density at radius 1 is 1.24 bits per heavy atom. The van der Waals surface area contributed by atoms with E-state index in [4.69, 9.17) is 0 Å². The van der Waals surface area contributed by atoms with Gasteiger partial charge >= 0.3 is 0 Å². The van der Waals surface area contributed by atoms with Gasteiger partial charge in [-0.3, -0.25) is 8.99 Å². The monoisotopic (exact) mass is 305 g/mol. The number of aromatic nitrogens is 2. The molecule has 6 heteroatoms. The zero-order valence-electron chi connectivity index (χ0n) is 12.2. The quantitative estimate of drug-likeness (QED) is 0.862. The first kappa shape index (κ1) is 14.1. The highest BCUT2D eigenvalue weighted by Crippen LogP contribution is 2.28. The zero-order chi connectivity index (χ0) is 15.0. The minimum absolute atomic E-state index is 0.151. The van der Waals surface area contributed by atoms with Crippen LogP contribution in [0.25, 0.3) is 0 Å². The lowest BCUT2D eigenvalue weighted by atomic mass is 10.1. The molecule has 0 saturated heterocycles. The van der Waals surface area contributed by atoms with Crippen molar-refractivity contribution in [3.05, 3.63) is 47.7 Å². The number of aryl methyl sites for hydroxylation is 1. The van der Waals surface area contributed by atoms with E-state index in [2.05, 4.69) is 17.2 Å². The van der Waals surface area contributed by atoms with Crippen LogP contribution >= 0.6 is 0 Å². The minimum atomic E-state index is -3.34. The van der Waals surface area contributed by atoms with Crippen molar-refractivity contribution in [2.75, 3.05) is 17.1 Å². The Morgan fingerprint density at radius 2 is 1.86 bits per heavy atom. The first-order chi connectivity index (χ1) is 9.95. The fourth-order valence-electron chi connectivity index (χ4n) is 2.89. The van der Waals surface area contributed by atoms with Gasteiger partial charge in [0.1, 0.15) is 0 Å². The first-order valence-corrected chi connectivity index (χ1v) is 8.59. The van der Waals surface area contributed by atoms with Crippen LogP contribution in [-0.2, 0) is 29.9 Å². The van der Waals surface area contributed by atoms with Gasteiger partial charge in [-0.1, -0.05) is 24.3 Å². The van der Waals surface area contributed by atoms with Crippen molar-refractivity contribution in [1.82, 2.24) is 9.78 Å². The molecular formula is C15H19N3O2S. The Kier molecular flexibility index (Phi) is 3.49. The number of hydrogen-bond donors (Lipinski definition) is 0. The standard InChI is InChI=1S/C15H19N3O2S/c1-17-8-7-15(16-17)18(2)21(19,20)11-12-9-13-5-3-4-6-14(13)10-12/h3-8,12H,9-11H2,1-2H3. The van der Waals surface area contributed by atoms with Gasteiger partial charge in [-0.2, -0.15) is 5.10 Å². The van der Waals surface area contributed by atoms with E-state index in [1.165, 1.54) is 15.4 Å². The molecule has 0 amide bonds. The lowest BCUT2D eigenvalue weighted by Crippen LogP contribution is -2.32. The first-order valence-electron chi connectivity index (χ1n) is 6.99. The van der Waals surface area contributed by atoms with Gasteiger partial charge in [-0.15, -0.1) is 0 Å². The summed E-state index contributed by atoms with van der Waals surface area (Å²) in [5, 5.41) is 4.15. The molecule has 1 aromatic carbocycles. The Hall–Kier alpha value is -1.82. The van der Waals surface area contributed by atoms with Crippen LogP contribution in [0.3, 0.4) is 0 Å². The molecule has 1 aliphatic carbocycles. The molecule has 0 unspecified atom stereocenters. The summed E-state index contributed by atoms with van der Waals surface area (Å²) in [5.74, 6) is 0.779. The number of hydrogen-bond acceptors (Lipinski definition) is 3. The predicted octanol–water partition coefficient (Wildman–Crippen LogP) is 1.60. The number of anilines is 1. The van der Waals surface area contributed by atoms with E-state index >= 15 is 0 Å².